The van der Waals surface area contributed by atoms with E-state index in [1.165, 1.54) is 11.1 Å². The van der Waals surface area contributed by atoms with Gasteiger partial charge in [0.1, 0.15) is 16.8 Å². The molecule has 0 saturated heterocycles. The summed E-state index contributed by atoms with van der Waals surface area (Å²) in [5.74, 6) is 1.53. The first-order valence-electron chi connectivity index (χ1n) is 6.50. The number of anilines is 1. The van der Waals surface area contributed by atoms with Crippen LogP contribution in [0.3, 0.4) is 0 Å². The summed E-state index contributed by atoms with van der Waals surface area (Å²) in [5, 5.41) is 3.42. The zero-order valence-corrected chi connectivity index (χ0v) is 11.8. The third-order valence-corrected chi connectivity index (χ3v) is 3.89. The molecule has 0 radical (unpaired) electrons. The molecule has 2 aromatic rings. The maximum atomic E-state index is 11.1. The molecule has 0 saturated carbocycles. The van der Waals surface area contributed by atoms with Gasteiger partial charge < -0.3 is 5.32 Å². The Hall–Kier alpha value is -1.94. The van der Waals surface area contributed by atoms with Gasteiger partial charge in [0.25, 0.3) is 0 Å². The molecule has 1 N–H and O–H groups in total. The van der Waals surface area contributed by atoms with Crippen LogP contribution in [0, 0.1) is 6.92 Å². The fourth-order valence-electron chi connectivity index (χ4n) is 2.55. The largest absolute Gasteiger partial charge is 0.369 e. The van der Waals surface area contributed by atoms with Gasteiger partial charge >= 0.3 is 0 Å². The number of aromatic nitrogens is 2. The first-order chi connectivity index (χ1) is 9.69. The molecule has 5 heteroatoms. The van der Waals surface area contributed by atoms with Crippen molar-refractivity contribution in [2.75, 3.05) is 11.9 Å². The molecule has 1 atom stereocenters. The van der Waals surface area contributed by atoms with E-state index in [2.05, 4.69) is 33.5 Å². The molecule has 1 aliphatic rings. The van der Waals surface area contributed by atoms with Gasteiger partial charge in [-0.1, -0.05) is 35.9 Å². The van der Waals surface area contributed by atoms with Crippen LogP contribution in [0.25, 0.3) is 0 Å². The fourth-order valence-corrected chi connectivity index (χ4v) is 2.81. The van der Waals surface area contributed by atoms with Crippen LogP contribution in [-0.4, -0.2) is 22.8 Å². The average Bonchev–Trinajstić information content (AvgIpc) is 2.39. The quantitative estimate of drug-likeness (QED) is 0.694. The van der Waals surface area contributed by atoms with E-state index < -0.39 is 0 Å². The molecule has 1 aromatic carbocycles. The number of hydrogen-bond acceptors (Lipinski definition) is 4. The lowest BCUT2D eigenvalue weighted by atomic mass is 9.77. The van der Waals surface area contributed by atoms with Gasteiger partial charge in [-0.3, -0.25) is 4.79 Å². The molecule has 0 fully saturated rings. The molecule has 1 heterocycles. The second-order valence-corrected chi connectivity index (χ2v) is 5.28. The lowest BCUT2D eigenvalue weighted by Crippen LogP contribution is -2.25. The smallest absolute Gasteiger partial charge is 0.156 e. The number of fused-ring (bicyclic) bond motifs is 1. The van der Waals surface area contributed by atoms with Crippen molar-refractivity contribution in [3.8, 4) is 0 Å². The zero-order valence-electron chi connectivity index (χ0n) is 11.1. The topological polar surface area (TPSA) is 54.9 Å². The molecule has 20 heavy (non-hydrogen) atoms. The molecule has 0 aliphatic heterocycles. The van der Waals surface area contributed by atoms with Gasteiger partial charge in [-0.15, -0.1) is 0 Å². The highest BCUT2D eigenvalue weighted by atomic mass is 35.5. The van der Waals surface area contributed by atoms with E-state index in [1.54, 1.807) is 6.92 Å². The van der Waals surface area contributed by atoms with Crippen LogP contribution < -0.4 is 5.32 Å². The lowest BCUT2D eigenvalue weighted by Gasteiger charge is -2.30. The molecule has 102 valence electrons. The van der Waals surface area contributed by atoms with Crippen LogP contribution in [-0.2, 0) is 6.42 Å². The van der Waals surface area contributed by atoms with Gasteiger partial charge in [-0.2, -0.15) is 0 Å². The van der Waals surface area contributed by atoms with E-state index in [0.717, 1.165) is 13.0 Å². The molecule has 3 rings (SSSR count). The average molecular weight is 288 g/mol. The summed E-state index contributed by atoms with van der Waals surface area (Å²) < 4.78 is 0. The van der Waals surface area contributed by atoms with Crippen molar-refractivity contribution in [2.24, 2.45) is 0 Å². The van der Waals surface area contributed by atoms with Gasteiger partial charge in [-0.25, -0.2) is 9.97 Å². The summed E-state index contributed by atoms with van der Waals surface area (Å²) in [5.41, 5.74) is 3.08. The molecule has 1 unspecified atom stereocenters. The molecular formula is C15H14ClN3O. The number of rotatable bonds is 4. The molecule has 0 spiro atoms. The summed E-state index contributed by atoms with van der Waals surface area (Å²) in [4.78, 5) is 19.3. The number of hydrogen-bond donors (Lipinski definition) is 1. The van der Waals surface area contributed by atoms with E-state index in [4.69, 9.17) is 11.6 Å². The number of halogens is 1. The van der Waals surface area contributed by atoms with E-state index in [1.807, 2.05) is 6.07 Å². The van der Waals surface area contributed by atoms with Crippen molar-refractivity contribution in [3.05, 3.63) is 51.9 Å². The molecule has 1 aromatic heterocycles. The van der Waals surface area contributed by atoms with Crippen molar-refractivity contribution in [3.63, 3.8) is 0 Å². The Bertz CT molecular complexity index is 672. The number of aryl methyl sites for hydroxylation is 1. The van der Waals surface area contributed by atoms with Gasteiger partial charge in [0.15, 0.2) is 6.29 Å². The molecule has 1 aliphatic carbocycles. The highest BCUT2D eigenvalue weighted by Crippen LogP contribution is 2.34. The second-order valence-electron chi connectivity index (χ2n) is 4.92. The summed E-state index contributed by atoms with van der Waals surface area (Å²) in [6.07, 6.45) is 1.75. The van der Waals surface area contributed by atoms with Gasteiger partial charge in [0.2, 0.25) is 0 Å². The molecule has 0 bridgehead atoms. The van der Waals surface area contributed by atoms with Crippen LogP contribution in [0.15, 0.2) is 24.3 Å². The van der Waals surface area contributed by atoms with Gasteiger partial charge in [0.05, 0.1) is 5.56 Å². The lowest BCUT2D eigenvalue weighted by molar-refractivity contribution is 0.112. The highest BCUT2D eigenvalue weighted by Gasteiger charge is 2.25. The molecular weight excluding hydrogens is 274 g/mol. The van der Waals surface area contributed by atoms with Crippen LogP contribution in [0.2, 0.25) is 5.15 Å². The Morgan fingerprint density at radius 1 is 1.40 bits per heavy atom. The van der Waals surface area contributed by atoms with Crippen LogP contribution in [0.5, 0.6) is 0 Å². The Morgan fingerprint density at radius 3 is 2.95 bits per heavy atom. The Kier molecular flexibility index (Phi) is 3.40. The van der Waals surface area contributed by atoms with E-state index in [-0.39, 0.29) is 5.15 Å². The number of carbonyl (C=O) groups is 1. The summed E-state index contributed by atoms with van der Waals surface area (Å²) in [6, 6.07) is 8.40. The molecule has 0 amide bonds. The van der Waals surface area contributed by atoms with Crippen LogP contribution >= 0.6 is 11.6 Å². The summed E-state index contributed by atoms with van der Waals surface area (Å²) in [7, 11) is 0. The SMILES string of the molecule is Cc1nc(Cl)c(C=O)c(NCC2Cc3ccccc32)n1. The Labute approximate surface area is 122 Å². The first-order valence-corrected chi connectivity index (χ1v) is 6.88. The fraction of sp³-hybridized carbons (Fsp3) is 0.267. The monoisotopic (exact) mass is 287 g/mol. The zero-order chi connectivity index (χ0) is 14.1. The van der Waals surface area contributed by atoms with Crippen molar-refractivity contribution in [1.29, 1.82) is 0 Å². The predicted octanol–water partition coefficient (Wildman–Crippen LogP) is 3.00. The predicted molar refractivity (Wildman–Crippen MR) is 78.5 cm³/mol. The van der Waals surface area contributed by atoms with E-state index >= 15 is 0 Å². The Balaban J connectivity index is 1.76. The number of nitrogens with one attached hydrogen (secondary N) is 1. The normalized spacial score (nSPS) is 16.2. The first kappa shape index (κ1) is 13.1. The summed E-state index contributed by atoms with van der Waals surface area (Å²) in [6.45, 7) is 2.49. The standard InChI is InChI=1S/C15H14ClN3O/c1-9-18-14(16)13(8-20)15(19-9)17-7-11-6-10-4-2-3-5-12(10)11/h2-5,8,11H,6-7H2,1H3,(H,17,18,19). The number of benzene rings is 1. The van der Waals surface area contributed by atoms with E-state index in [0.29, 0.717) is 29.4 Å². The van der Waals surface area contributed by atoms with Gasteiger partial charge in [0, 0.05) is 12.5 Å². The third-order valence-electron chi connectivity index (χ3n) is 3.61. The van der Waals surface area contributed by atoms with E-state index in [9.17, 15) is 4.79 Å². The number of carbonyl (C=O) groups excluding carboxylic acids is 1. The minimum Gasteiger partial charge on any atom is -0.369 e. The third kappa shape index (κ3) is 2.27. The number of nitrogens with zero attached hydrogens (tertiary/aromatic N) is 2. The second kappa shape index (κ2) is 5.21. The maximum Gasteiger partial charge on any atom is 0.156 e. The van der Waals surface area contributed by atoms with Crippen molar-refractivity contribution in [2.45, 2.75) is 19.3 Å². The van der Waals surface area contributed by atoms with Crippen LogP contribution in [0.1, 0.15) is 33.2 Å². The van der Waals surface area contributed by atoms with Crippen LogP contribution in [0.4, 0.5) is 5.82 Å². The summed E-state index contributed by atoms with van der Waals surface area (Å²) >= 11 is 5.96. The molecule has 4 nitrogen and oxygen atoms in total. The maximum absolute atomic E-state index is 11.1. The minimum atomic E-state index is 0.198. The Morgan fingerprint density at radius 2 is 2.20 bits per heavy atom. The minimum absolute atomic E-state index is 0.198. The van der Waals surface area contributed by atoms with Crippen molar-refractivity contribution < 1.29 is 4.79 Å². The number of aldehydes is 1. The van der Waals surface area contributed by atoms with Crippen molar-refractivity contribution in [1.82, 2.24) is 9.97 Å². The highest BCUT2D eigenvalue weighted by molar-refractivity contribution is 6.32. The van der Waals surface area contributed by atoms with Gasteiger partial charge in [-0.05, 0) is 24.5 Å². The van der Waals surface area contributed by atoms with Crippen molar-refractivity contribution >= 4 is 23.7 Å².